The molecule has 0 nitrogen and oxygen atoms in total. The van der Waals surface area contributed by atoms with Crippen molar-refractivity contribution < 1.29 is 0 Å². The average molecular weight is 170 g/mol. The highest BCUT2D eigenvalue weighted by Crippen LogP contribution is 2.67. The Morgan fingerprint density at radius 1 is 0.750 bits per heavy atom. The van der Waals surface area contributed by atoms with E-state index in [2.05, 4.69) is 41.5 Å². The third-order valence-corrected chi connectivity index (χ3v) is 3.62. The zero-order chi connectivity index (χ0) is 8.91. The Bertz CT molecular complexity index is 132. The standard InChI is InChI=1S/C11H22.CH4/c1-9(2,3)11(7-8-11)10(4,5)6;/h7-8H2,1-6H3;1H4. The van der Waals surface area contributed by atoms with Gasteiger partial charge in [0.2, 0.25) is 0 Å². The number of hydrogen-bond acceptors (Lipinski definition) is 0. The second-order valence-corrected chi connectivity index (χ2v) is 6.08. The van der Waals surface area contributed by atoms with E-state index in [1.165, 1.54) is 12.8 Å². The van der Waals surface area contributed by atoms with Crippen LogP contribution in [0.15, 0.2) is 0 Å². The summed E-state index contributed by atoms with van der Waals surface area (Å²) in [4.78, 5) is 0. The Morgan fingerprint density at radius 3 is 1.00 bits per heavy atom. The van der Waals surface area contributed by atoms with Crippen molar-refractivity contribution in [2.75, 3.05) is 0 Å². The zero-order valence-electron chi connectivity index (χ0n) is 8.91. The highest BCUT2D eigenvalue weighted by atomic mass is 14.6. The van der Waals surface area contributed by atoms with Crippen LogP contribution in [0.5, 0.6) is 0 Å². The van der Waals surface area contributed by atoms with Gasteiger partial charge in [0.1, 0.15) is 0 Å². The van der Waals surface area contributed by atoms with Crippen LogP contribution < -0.4 is 0 Å². The highest BCUT2D eigenvalue weighted by molar-refractivity contribution is 5.08. The van der Waals surface area contributed by atoms with E-state index >= 15 is 0 Å². The van der Waals surface area contributed by atoms with Crippen molar-refractivity contribution in [1.29, 1.82) is 0 Å². The fourth-order valence-electron chi connectivity index (χ4n) is 2.75. The molecule has 1 rings (SSSR count). The van der Waals surface area contributed by atoms with Gasteiger partial charge in [-0.15, -0.1) is 0 Å². The van der Waals surface area contributed by atoms with Crippen LogP contribution in [0.4, 0.5) is 0 Å². The van der Waals surface area contributed by atoms with Crippen molar-refractivity contribution >= 4 is 0 Å². The van der Waals surface area contributed by atoms with Gasteiger partial charge in [0.25, 0.3) is 0 Å². The summed E-state index contributed by atoms with van der Waals surface area (Å²) in [6, 6.07) is 0. The maximum Gasteiger partial charge on any atom is -0.0200 e. The lowest BCUT2D eigenvalue weighted by atomic mass is 9.63. The van der Waals surface area contributed by atoms with Crippen molar-refractivity contribution in [1.82, 2.24) is 0 Å². The van der Waals surface area contributed by atoms with E-state index in [1.807, 2.05) is 0 Å². The topological polar surface area (TPSA) is 0 Å². The van der Waals surface area contributed by atoms with E-state index in [4.69, 9.17) is 0 Å². The molecule has 0 amide bonds. The predicted molar refractivity (Wildman–Crippen MR) is 57.3 cm³/mol. The fraction of sp³-hybridized carbons (Fsp3) is 1.00. The van der Waals surface area contributed by atoms with Crippen LogP contribution in [0.25, 0.3) is 0 Å². The summed E-state index contributed by atoms with van der Waals surface area (Å²) in [6.07, 6.45) is 2.86. The van der Waals surface area contributed by atoms with Crippen molar-refractivity contribution in [3.63, 3.8) is 0 Å². The molecule has 0 atom stereocenters. The lowest BCUT2D eigenvalue weighted by Crippen LogP contribution is -2.34. The zero-order valence-corrected chi connectivity index (χ0v) is 8.91. The van der Waals surface area contributed by atoms with Gasteiger partial charge in [0, 0.05) is 0 Å². The van der Waals surface area contributed by atoms with Gasteiger partial charge in [-0.3, -0.25) is 0 Å². The van der Waals surface area contributed by atoms with Crippen molar-refractivity contribution in [2.45, 2.75) is 61.8 Å². The second kappa shape index (κ2) is 2.75. The lowest BCUT2D eigenvalue weighted by molar-refractivity contribution is 0.0745. The lowest BCUT2D eigenvalue weighted by Gasteiger charge is -2.41. The molecular formula is C12H26. The smallest absolute Gasteiger partial charge is 0.0200 e. The van der Waals surface area contributed by atoms with Gasteiger partial charge in [-0.2, -0.15) is 0 Å². The third-order valence-electron chi connectivity index (χ3n) is 3.62. The van der Waals surface area contributed by atoms with Crippen LogP contribution in [-0.4, -0.2) is 0 Å². The van der Waals surface area contributed by atoms with Gasteiger partial charge in [-0.25, -0.2) is 0 Å². The quantitative estimate of drug-likeness (QED) is 0.502. The molecule has 0 aromatic heterocycles. The molecule has 12 heavy (non-hydrogen) atoms. The summed E-state index contributed by atoms with van der Waals surface area (Å²) in [5.74, 6) is 0. The maximum absolute atomic E-state index is 2.38. The van der Waals surface area contributed by atoms with E-state index in [0.717, 1.165) is 0 Å². The molecule has 1 fully saturated rings. The Kier molecular flexibility index (Phi) is 2.75. The molecule has 0 bridgehead atoms. The molecule has 74 valence electrons. The van der Waals surface area contributed by atoms with Crippen LogP contribution in [0.1, 0.15) is 61.8 Å². The first-order valence-electron chi connectivity index (χ1n) is 4.71. The van der Waals surface area contributed by atoms with Crippen molar-refractivity contribution in [3.05, 3.63) is 0 Å². The summed E-state index contributed by atoms with van der Waals surface area (Å²) >= 11 is 0. The molecule has 0 radical (unpaired) electrons. The molecule has 1 saturated carbocycles. The third kappa shape index (κ3) is 1.53. The first-order chi connectivity index (χ1) is 4.71. The Morgan fingerprint density at radius 2 is 1.00 bits per heavy atom. The second-order valence-electron chi connectivity index (χ2n) is 6.08. The molecule has 0 aliphatic heterocycles. The van der Waals surface area contributed by atoms with Crippen LogP contribution in [0.2, 0.25) is 0 Å². The summed E-state index contributed by atoms with van der Waals surface area (Å²) in [6.45, 7) is 14.3. The molecular weight excluding hydrogens is 144 g/mol. The summed E-state index contributed by atoms with van der Waals surface area (Å²) in [7, 11) is 0. The summed E-state index contributed by atoms with van der Waals surface area (Å²) in [5, 5.41) is 0. The molecule has 0 unspecified atom stereocenters. The molecule has 0 heterocycles. The largest absolute Gasteiger partial charge is 0.0776 e. The van der Waals surface area contributed by atoms with Gasteiger partial charge in [-0.05, 0) is 29.1 Å². The van der Waals surface area contributed by atoms with E-state index in [9.17, 15) is 0 Å². The van der Waals surface area contributed by atoms with Gasteiger partial charge >= 0.3 is 0 Å². The minimum atomic E-state index is 0. The molecule has 1 aliphatic rings. The van der Waals surface area contributed by atoms with E-state index in [-0.39, 0.29) is 7.43 Å². The molecule has 0 spiro atoms. The van der Waals surface area contributed by atoms with Crippen LogP contribution in [0.3, 0.4) is 0 Å². The van der Waals surface area contributed by atoms with Crippen molar-refractivity contribution in [2.24, 2.45) is 16.2 Å². The van der Waals surface area contributed by atoms with Gasteiger partial charge in [-0.1, -0.05) is 49.0 Å². The van der Waals surface area contributed by atoms with Gasteiger partial charge in [0.15, 0.2) is 0 Å². The molecule has 0 aromatic carbocycles. The molecule has 0 heteroatoms. The normalized spacial score (nSPS) is 21.5. The van der Waals surface area contributed by atoms with Crippen molar-refractivity contribution in [3.8, 4) is 0 Å². The monoisotopic (exact) mass is 170 g/mol. The predicted octanol–water partition coefficient (Wildman–Crippen LogP) is 4.49. The number of rotatable bonds is 0. The summed E-state index contributed by atoms with van der Waals surface area (Å²) in [5.41, 5.74) is 1.61. The number of hydrogen-bond donors (Lipinski definition) is 0. The van der Waals surface area contributed by atoms with Gasteiger partial charge in [0.05, 0.1) is 0 Å². The Labute approximate surface area is 78.8 Å². The highest BCUT2D eigenvalue weighted by Gasteiger charge is 2.58. The van der Waals surface area contributed by atoms with E-state index in [0.29, 0.717) is 16.2 Å². The fourth-order valence-corrected chi connectivity index (χ4v) is 2.75. The minimum Gasteiger partial charge on any atom is -0.0776 e. The van der Waals surface area contributed by atoms with Crippen LogP contribution in [-0.2, 0) is 0 Å². The average Bonchev–Trinajstić information content (AvgIpc) is 2.31. The minimum absolute atomic E-state index is 0. The van der Waals surface area contributed by atoms with E-state index < -0.39 is 0 Å². The molecule has 0 saturated heterocycles. The van der Waals surface area contributed by atoms with Crippen LogP contribution >= 0.6 is 0 Å². The maximum atomic E-state index is 2.38. The Balaban J connectivity index is 0.00000121. The van der Waals surface area contributed by atoms with Crippen LogP contribution in [0, 0.1) is 16.2 Å². The molecule has 0 N–H and O–H groups in total. The summed E-state index contributed by atoms with van der Waals surface area (Å²) < 4.78 is 0. The SMILES string of the molecule is C.CC(C)(C)C1(C(C)(C)C)CC1. The van der Waals surface area contributed by atoms with E-state index in [1.54, 1.807) is 0 Å². The first-order valence-corrected chi connectivity index (χ1v) is 4.71. The molecule has 0 aromatic rings. The first kappa shape index (κ1) is 12.0. The molecule has 1 aliphatic carbocycles. The Hall–Kier alpha value is 0. The van der Waals surface area contributed by atoms with Gasteiger partial charge < -0.3 is 0 Å².